The van der Waals surface area contributed by atoms with Crippen molar-refractivity contribution in [1.29, 1.82) is 0 Å². The summed E-state index contributed by atoms with van der Waals surface area (Å²) in [5, 5.41) is 9.12. The predicted molar refractivity (Wildman–Crippen MR) is 128 cm³/mol. The number of carboxylic acid groups (broad SMARTS) is 1. The minimum absolute atomic E-state index is 0.282. The summed E-state index contributed by atoms with van der Waals surface area (Å²) in [5.74, 6) is 3.07. The summed E-state index contributed by atoms with van der Waals surface area (Å²) < 4.78 is 22.7. The Morgan fingerprint density at radius 2 is 1.09 bits per heavy atom. The molecule has 172 valence electrons. The first-order chi connectivity index (χ1) is 16.6. The fourth-order valence-electron chi connectivity index (χ4n) is 3.25. The highest BCUT2D eigenvalue weighted by Crippen LogP contribution is 2.30. The molecule has 0 aliphatic heterocycles. The first-order valence-electron chi connectivity index (χ1n) is 10.7. The number of carbonyl (C=O) groups is 1. The molecule has 0 aliphatic carbocycles. The van der Waals surface area contributed by atoms with Crippen LogP contribution in [0, 0.1) is 0 Å². The number of methoxy groups -OCH3 is 1. The predicted octanol–water partition coefficient (Wildman–Crippen LogP) is 6.71. The van der Waals surface area contributed by atoms with Crippen molar-refractivity contribution in [2.24, 2.45) is 0 Å². The lowest BCUT2D eigenvalue weighted by Crippen LogP contribution is -2.24. The van der Waals surface area contributed by atoms with Gasteiger partial charge in [0.1, 0.15) is 34.5 Å². The van der Waals surface area contributed by atoms with E-state index in [0.717, 1.165) is 17.1 Å². The van der Waals surface area contributed by atoms with Crippen LogP contribution in [0.3, 0.4) is 0 Å². The van der Waals surface area contributed by atoms with Gasteiger partial charge in [0.2, 0.25) is 0 Å². The van der Waals surface area contributed by atoms with Crippen molar-refractivity contribution in [1.82, 2.24) is 0 Å². The number of para-hydroxylation sites is 1. The molecule has 4 aromatic carbocycles. The molecular weight excluding hydrogens is 432 g/mol. The zero-order valence-corrected chi connectivity index (χ0v) is 18.6. The van der Waals surface area contributed by atoms with Gasteiger partial charge in [-0.1, -0.05) is 36.4 Å². The average molecular weight is 456 g/mol. The van der Waals surface area contributed by atoms with Gasteiger partial charge >= 0.3 is 5.97 Å². The van der Waals surface area contributed by atoms with Gasteiger partial charge in [-0.25, -0.2) is 4.79 Å². The van der Waals surface area contributed by atoms with Crippen LogP contribution in [0.5, 0.6) is 34.5 Å². The Morgan fingerprint density at radius 1 is 0.647 bits per heavy atom. The van der Waals surface area contributed by atoms with Crippen LogP contribution in [-0.2, 0) is 16.0 Å². The van der Waals surface area contributed by atoms with E-state index in [-0.39, 0.29) is 6.42 Å². The normalized spacial score (nSPS) is 11.4. The molecule has 0 radical (unpaired) electrons. The first kappa shape index (κ1) is 22.9. The van der Waals surface area contributed by atoms with E-state index in [0.29, 0.717) is 23.0 Å². The Morgan fingerprint density at radius 3 is 1.59 bits per heavy atom. The Kier molecular flexibility index (Phi) is 7.42. The van der Waals surface area contributed by atoms with Crippen LogP contribution < -0.4 is 14.2 Å². The maximum absolute atomic E-state index is 11.1. The van der Waals surface area contributed by atoms with Gasteiger partial charge in [0.25, 0.3) is 0 Å². The fraction of sp³-hybridized carbons (Fsp3) is 0.107. The number of carboxylic acids is 1. The van der Waals surface area contributed by atoms with E-state index in [9.17, 15) is 4.79 Å². The number of benzene rings is 4. The highest BCUT2D eigenvalue weighted by Gasteiger charge is 2.16. The number of ether oxygens (including phenoxy) is 4. The number of hydrogen-bond donors (Lipinski definition) is 1. The molecule has 0 aliphatic rings. The summed E-state index contributed by atoms with van der Waals surface area (Å²) in [6.45, 7) is 0. The second-order valence-electron chi connectivity index (χ2n) is 7.48. The molecule has 0 saturated heterocycles. The lowest BCUT2D eigenvalue weighted by atomic mass is 10.1. The fourth-order valence-corrected chi connectivity index (χ4v) is 3.25. The molecule has 0 heterocycles. The molecule has 0 fully saturated rings. The topological polar surface area (TPSA) is 74.2 Å². The van der Waals surface area contributed by atoms with Crippen molar-refractivity contribution in [2.45, 2.75) is 12.5 Å². The van der Waals surface area contributed by atoms with E-state index in [1.807, 2.05) is 84.9 Å². The largest absolute Gasteiger partial charge is 0.479 e. The zero-order valence-electron chi connectivity index (χ0n) is 18.6. The summed E-state index contributed by atoms with van der Waals surface area (Å²) >= 11 is 0. The molecule has 0 amide bonds. The Labute approximate surface area is 197 Å². The first-order valence-corrected chi connectivity index (χ1v) is 10.7. The van der Waals surface area contributed by atoms with Crippen LogP contribution in [-0.4, -0.2) is 24.3 Å². The van der Waals surface area contributed by atoms with E-state index in [1.165, 1.54) is 7.11 Å². The maximum atomic E-state index is 11.1. The summed E-state index contributed by atoms with van der Waals surface area (Å²) in [5.41, 5.74) is 0.846. The molecule has 4 aromatic rings. The van der Waals surface area contributed by atoms with Crippen LogP contribution in [0.4, 0.5) is 0 Å². The molecule has 6 nitrogen and oxygen atoms in total. The molecule has 0 bridgehead atoms. The summed E-state index contributed by atoms with van der Waals surface area (Å²) in [7, 11) is 1.39. The third-order valence-electron chi connectivity index (χ3n) is 4.98. The highest BCUT2D eigenvalue weighted by molar-refractivity contribution is 5.72. The second-order valence-corrected chi connectivity index (χ2v) is 7.48. The molecule has 1 N–H and O–H groups in total. The maximum Gasteiger partial charge on any atom is 0.333 e. The summed E-state index contributed by atoms with van der Waals surface area (Å²) in [4.78, 5) is 11.1. The van der Waals surface area contributed by atoms with E-state index < -0.39 is 12.1 Å². The molecule has 0 spiro atoms. The van der Waals surface area contributed by atoms with E-state index in [2.05, 4.69) is 0 Å². The van der Waals surface area contributed by atoms with Crippen LogP contribution in [0.2, 0.25) is 0 Å². The van der Waals surface area contributed by atoms with Crippen molar-refractivity contribution in [3.05, 3.63) is 109 Å². The van der Waals surface area contributed by atoms with Gasteiger partial charge in [0.05, 0.1) is 0 Å². The lowest BCUT2D eigenvalue weighted by Gasteiger charge is -2.12. The quantitative estimate of drug-likeness (QED) is 0.286. The highest BCUT2D eigenvalue weighted by atomic mass is 16.5. The molecular formula is C28H24O6. The van der Waals surface area contributed by atoms with Crippen LogP contribution in [0.25, 0.3) is 0 Å². The van der Waals surface area contributed by atoms with Gasteiger partial charge in [-0.15, -0.1) is 0 Å². The van der Waals surface area contributed by atoms with Gasteiger partial charge in [-0.3, -0.25) is 0 Å². The molecule has 0 saturated carbocycles. The smallest absolute Gasteiger partial charge is 0.333 e. The molecule has 1 atom stereocenters. The molecule has 0 unspecified atom stereocenters. The average Bonchev–Trinajstić information content (AvgIpc) is 2.85. The summed E-state index contributed by atoms with van der Waals surface area (Å²) in [6, 6.07) is 31.5. The number of rotatable bonds is 10. The molecule has 4 rings (SSSR count). The Hall–Kier alpha value is -4.29. The van der Waals surface area contributed by atoms with Gasteiger partial charge in [-0.05, 0) is 66.2 Å². The van der Waals surface area contributed by atoms with Gasteiger partial charge in [0, 0.05) is 19.6 Å². The standard InChI is InChI=1S/C28H24O6/c1-31-27(28(29)30)18-20-10-12-22(13-11-20)33-25-8-5-9-26(19-25)34-24-16-14-23(15-17-24)32-21-6-3-2-4-7-21/h2-17,19,27H,18H2,1H3,(H,29,30)/t27-/m0/s1. The third-order valence-corrected chi connectivity index (χ3v) is 4.98. The number of aliphatic carboxylic acids is 1. The van der Waals surface area contributed by atoms with Crippen molar-refractivity contribution >= 4 is 5.97 Å². The number of hydrogen-bond acceptors (Lipinski definition) is 5. The molecule has 0 aromatic heterocycles. The van der Waals surface area contributed by atoms with Gasteiger partial charge < -0.3 is 24.1 Å². The monoisotopic (exact) mass is 456 g/mol. The third kappa shape index (κ3) is 6.37. The lowest BCUT2D eigenvalue weighted by molar-refractivity contribution is -0.148. The van der Waals surface area contributed by atoms with Crippen LogP contribution in [0.1, 0.15) is 5.56 Å². The molecule has 6 heteroatoms. The minimum Gasteiger partial charge on any atom is -0.479 e. The Balaban J connectivity index is 1.36. The van der Waals surface area contributed by atoms with Crippen molar-refractivity contribution < 1.29 is 28.8 Å². The van der Waals surface area contributed by atoms with Crippen LogP contribution in [0.15, 0.2) is 103 Å². The zero-order chi connectivity index (χ0) is 23.8. The van der Waals surface area contributed by atoms with Crippen molar-refractivity contribution in [2.75, 3.05) is 7.11 Å². The Bertz CT molecular complexity index is 1200. The van der Waals surface area contributed by atoms with E-state index in [1.54, 1.807) is 18.2 Å². The van der Waals surface area contributed by atoms with Gasteiger partial charge in [-0.2, -0.15) is 0 Å². The minimum atomic E-state index is -0.988. The van der Waals surface area contributed by atoms with E-state index in [4.69, 9.17) is 24.1 Å². The van der Waals surface area contributed by atoms with E-state index >= 15 is 0 Å². The van der Waals surface area contributed by atoms with Crippen LogP contribution >= 0.6 is 0 Å². The molecule has 34 heavy (non-hydrogen) atoms. The second kappa shape index (κ2) is 11.0. The summed E-state index contributed by atoms with van der Waals surface area (Å²) in [6.07, 6.45) is -0.593. The van der Waals surface area contributed by atoms with Crippen molar-refractivity contribution in [3.63, 3.8) is 0 Å². The van der Waals surface area contributed by atoms with Crippen molar-refractivity contribution in [3.8, 4) is 34.5 Å². The van der Waals surface area contributed by atoms with Gasteiger partial charge in [0.15, 0.2) is 6.10 Å². The SMILES string of the molecule is CO[C@@H](Cc1ccc(Oc2cccc(Oc3ccc(Oc4ccccc4)cc3)c2)cc1)C(=O)O.